The summed E-state index contributed by atoms with van der Waals surface area (Å²) in [4.78, 5) is 13.4. The third-order valence-corrected chi connectivity index (χ3v) is 5.71. The number of halogens is 1. The van der Waals surface area contributed by atoms with Crippen molar-refractivity contribution in [3.05, 3.63) is 64.4 Å². The molecule has 130 valence electrons. The minimum atomic E-state index is -0.325. The van der Waals surface area contributed by atoms with Crippen molar-refractivity contribution in [1.82, 2.24) is 14.8 Å². The smallest absolute Gasteiger partial charge is 0.191 e. The maximum Gasteiger partial charge on any atom is 0.191 e. The standard InChI is InChI=1S/C18H18FN3OS2/c19-15-7-5-14(6-8-15)17(23)4-2-12-25-18-21-20-13-22(18)10-9-16-3-1-11-24-16/h1,3,5-8,11,13H,2,4,9-10,12H2. The highest BCUT2D eigenvalue weighted by Gasteiger charge is 2.08. The highest BCUT2D eigenvalue weighted by atomic mass is 32.2. The van der Waals surface area contributed by atoms with E-state index in [1.54, 1.807) is 29.4 Å². The number of thioether (sulfide) groups is 1. The molecule has 25 heavy (non-hydrogen) atoms. The van der Waals surface area contributed by atoms with Gasteiger partial charge in [0.2, 0.25) is 0 Å². The Morgan fingerprint density at radius 2 is 2.08 bits per heavy atom. The number of benzene rings is 1. The van der Waals surface area contributed by atoms with Gasteiger partial charge in [-0.3, -0.25) is 4.79 Å². The molecule has 0 spiro atoms. The SMILES string of the molecule is O=C(CCCSc1nncn1CCc1cccs1)c1ccc(F)cc1. The number of nitrogens with zero attached hydrogens (tertiary/aromatic N) is 3. The molecule has 2 aromatic heterocycles. The van der Waals surface area contributed by atoms with Crippen LogP contribution in [0.4, 0.5) is 4.39 Å². The van der Waals surface area contributed by atoms with Crippen LogP contribution in [0.2, 0.25) is 0 Å². The highest BCUT2D eigenvalue weighted by Crippen LogP contribution is 2.19. The molecule has 0 amide bonds. The Labute approximate surface area is 154 Å². The molecule has 0 saturated heterocycles. The monoisotopic (exact) mass is 375 g/mol. The summed E-state index contributed by atoms with van der Waals surface area (Å²) >= 11 is 3.36. The predicted molar refractivity (Wildman–Crippen MR) is 98.7 cm³/mol. The number of hydrogen-bond acceptors (Lipinski definition) is 5. The van der Waals surface area contributed by atoms with Crippen LogP contribution >= 0.6 is 23.1 Å². The minimum Gasteiger partial charge on any atom is -0.308 e. The van der Waals surface area contributed by atoms with E-state index >= 15 is 0 Å². The van der Waals surface area contributed by atoms with E-state index < -0.39 is 0 Å². The van der Waals surface area contributed by atoms with E-state index in [0.29, 0.717) is 12.0 Å². The molecule has 0 fully saturated rings. The van der Waals surface area contributed by atoms with Gasteiger partial charge in [0.25, 0.3) is 0 Å². The first-order chi connectivity index (χ1) is 12.2. The molecule has 0 unspecified atom stereocenters. The molecule has 0 N–H and O–H groups in total. The number of aryl methyl sites for hydroxylation is 2. The average Bonchev–Trinajstić information content (AvgIpc) is 3.29. The van der Waals surface area contributed by atoms with Gasteiger partial charge in [-0.15, -0.1) is 21.5 Å². The highest BCUT2D eigenvalue weighted by molar-refractivity contribution is 7.99. The molecule has 0 bridgehead atoms. The van der Waals surface area contributed by atoms with Crippen LogP contribution in [0.3, 0.4) is 0 Å². The van der Waals surface area contributed by atoms with Gasteiger partial charge < -0.3 is 4.57 Å². The molecule has 3 rings (SSSR count). The molecular weight excluding hydrogens is 357 g/mol. The number of carbonyl (C=O) groups excluding carboxylic acids is 1. The van der Waals surface area contributed by atoms with Gasteiger partial charge in [0.1, 0.15) is 12.1 Å². The van der Waals surface area contributed by atoms with Crippen molar-refractivity contribution in [3.63, 3.8) is 0 Å². The number of thiophene rings is 1. The number of Topliss-reactive ketones (excluding diaryl/α,β-unsaturated/α-hetero) is 1. The van der Waals surface area contributed by atoms with Crippen molar-refractivity contribution >= 4 is 28.9 Å². The van der Waals surface area contributed by atoms with Crippen molar-refractivity contribution in [2.24, 2.45) is 0 Å². The first kappa shape index (κ1) is 17.8. The van der Waals surface area contributed by atoms with Gasteiger partial charge in [-0.1, -0.05) is 17.8 Å². The van der Waals surface area contributed by atoms with Crippen molar-refractivity contribution in [1.29, 1.82) is 0 Å². The van der Waals surface area contributed by atoms with Crippen molar-refractivity contribution in [3.8, 4) is 0 Å². The Kier molecular flexibility index (Phi) is 6.36. The molecule has 2 heterocycles. The van der Waals surface area contributed by atoms with Crippen LogP contribution in [0.25, 0.3) is 0 Å². The number of ketones is 1. The summed E-state index contributed by atoms with van der Waals surface area (Å²) in [5, 5.41) is 11.1. The summed E-state index contributed by atoms with van der Waals surface area (Å²) in [6, 6.07) is 9.89. The van der Waals surface area contributed by atoms with E-state index in [4.69, 9.17) is 0 Å². The molecule has 0 saturated carbocycles. The molecule has 7 heteroatoms. The fourth-order valence-corrected chi connectivity index (χ4v) is 3.95. The lowest BCUT2D eigenvalue weighted by molar-refractivity contribution is 0.0982. The number of aromatic nitrogens is 3. The Morgan fingerprint density at radius 3 is 2.84 bits per heavy atom. The molecule has 0 radical (unpaired) electrons. The van der Waals surface area contributed by atoms with E-state index in [9.17, 15) is 9.18 Å². The quantitative estimate of drug-likeness (QED) is 0.314. The Bertz CT molecular complexity index is 800. The Morgan fingerprint density at radius 1 is 1.24 bits per heavy atom. The molecule has 0 aliphatic rings. The zero-order valence-electron chi connectivity index (χ0n) is 13.6. The maximum absolute atomic E-state index is 12.9. The molecule has 0 aliphatic carbocycles. The van der Waals surface area contributed by atoms with Gasteiger partial charge in [-0.25, -0.2) is 4.39 Å². The summed E-state index contributed by atoms with van der Waals surface area (Å²) < 4.78 is 14.9. The topological polar surface area (TPSA) is 47.8 Å². The lowest BCUT2D eigenvalue weighted by atomic mass is 10.1. The van der Waals surface area contributed by atoms with Gasteiger partial charge in [-0.2, -0.15) is 0 Å². The van der Waals surface area contributed by atoms with Crippen LogP contribution in [0, 0.1) is 5.82 Å². The van der Waals surface area contributed by atoms with Crippen LogP contribution in [0.15, 0.2) is 53.3 Å². The van der Waals surface area contributed by atoms with Gasteiger partial charge in [0, 0.05) is 29.2 Å². The van der Waals surface area contributed by atoms with Crippen LogP contribution in [0.1, 0.15) is 28.1 Å². The normalized spacial score (nSPS) is 10.9. The van der Waals surface area contributed by atoms with Crippen molar-refractivity contribution in [2.45, 2.75) is 31.0 Å². The average molecular weight is 375 g/mol. The Hall–Kier alpha value is -1.99. The van der Waals surface area contributed by atoms with Gasteiger partial charge >= 0.3 is 0 Å². The van der Waals surface area contributed by atoms with Crippen molar-refractivity contribution < 1.29 is 9.18 Å². The fraction of sp³-hybridized carbons (Fsp3) is 0.278. The third-order valence-electron chi connectivity index (χ3n) is 3.70. The molecular formula is C18H18FN3OS2. The van der Waals surface area contributed by atoms with Crippen LogP contribution < -0.4 is 0 Å². The lowest BCUT2D eigenvalue weighted by Crippen LogP contribution is -2.02. The summed E-state index contributed by atoms with van der Waals surface area (Å²) in [6.45, 7) is 0.852. The number of carbonyl (C=O) groups is 1. The van der Waals surface area contributed by atoms with E-state index in [1.165, 1.54) is 29.1 Å². The fourth-order valence-electron chi connectivity index (χ4n) is 2.37. The zero-order chi connectivity index (χ0) is 17.5. The number of rotatable bonds is 9. The molecule has 0 aliphatic heterocycles. The predicted octanol–water partition coefficient (Wildman–Crippen LogP) is 4.48. The van der Waals surface area contributed by atoms with Crippen LogP contribution in [0.5, 0.6) is 0 Å². The van der Waals surface area contributed by atoms with Crippen molar-refractivity contribution in [2.75, 3.05) is 5.75 Å². The maximum atomic E-state index is 12.9. The Balaban J connectivity index is 1.42. The largest absolute Gasteiger partial charge is 0.308 e. The lowest BCUT2D eigenvalue weighted by Gasteiger charge is -2.05. The second-order valence-electron chi connectivity index (χ2n) is 5.52. The first-order valence-corrected chi connectivity index (χ1v) is 9.90. The third kappa shape index (κ3) is 5.24. The summed E-state index contributed by atoms with van der Waals surface area (Å²) in [7, 11) is 0. The molecule has 3 aromatic rings. The minimum absolute atomic E-state index is 0.0414. The molecule has 0 atom stereocenters. The van der Waals surface area contributed by atoms with Gasteiger partial charge in [0.05, 0.1) is 0 Å². The molecule has 1 aromatic carbocycles. The second kappa shape index (κ2) is 8.92. The second-order valence-corrected chi connectivity index (χ2v) is 7.61. The van der Waals surface area contributed by atoms with E-state index in [2.05, 4.69) is 27.7 Å². The van der Waals surface area contributed by atoms with Crippen LogP contribution in [-0.4, -0.2) is 26.3 Å². The van der Waals surface area contributed by atoms with E-state index in [0.717, 1.165) is 30.3 Å². The summed E-state index contributed by atoms with van der Waals surface area (Å²) in [5.41, 5.74) is 0.561. The van der Waals surface area contributed by atoms with Gasteiger partial charge in [-0.05, 0) is 48.6 Å². The summed E-state index contributed by atoms with van der Waals surface area (Å²) in [6.07, 6.45) is 3.91. The summed E-state index contributed by atoms with van der Waals surface area (Å²) in [5.74, 6) is 0.513. The van der Waals surface area contributed by atoms with E-state index in [1.807, 2.05) is 4.57 Å². The zero-order valence-corrected chi connectivity index (χ0v) is 15.2. The molecule has 4 nitrogen and oxygen atoms in total. The van der Waals surface area contributed by atoms with E-state index in [-0.39, 0.29) is 11.6 Å². The van der Waals surface area contributed by atoms with Crippen LogP contribution in [-0.2, 0) is 13.0 Å². The number of hydrogen-bond donors (Lipinski definition) is 0. The van der Waals surface area contributed by atoms with Gasteiger partial charge in [0.15, 0.2) is 10.9 Å². The first-order valence-electron chi connectivity index (χ1n) is 8.04.